The molecule has 0 bridgehead atoms. The van der Waals surface area contributed by atoms with E-state index in [9.17, 15) is 22.8 Å². The number of ether oxygens (including phenoxy) is 2. The van der Waals surface area contributed by atoms with Crippen LogP contribution >= 0.6 is 11.8 Å². The van der Waals surface area contributed by atoms with Crippen molar-refractivity contribution in [1.29, 1.82) is 0 Å². The molecule has 1 aliphatic rings. The van der Waals surface area contributed by atoms with Crippen LogP contribution in [0.4, 0.5) is 33.9 Å². The Bertz CT molecular complexity index is 1720. The summed E-state index contributed by atoms with van der Waals surface area (Å²) >= 11 is -0.377. The predicted molar refractivity (Wildman–Crippen MR) is 164 cm³/mol. The molecule has 2 amide bonds. The molecule has 2 aromatic heterocycles. The summed E-state index contributed by atoms with van der Waals surface area (Å²) in [7, 11) is -1.36. The number of thioether (sulfide) groups is 1. The second-order valence-electron chi connectivity index (χ2n) is 11.0. The Balaban J connectivity index is 1.58. The first-order chi connectivity index (χ1) is 22.3. The van der Waals surface area contributed by atoms with Crippen LogP contribution < -0.4 is 20.7 Å². The molecular weight excluding hydrogens is 616 g/mol. The van der Waals surface area contributed by atoms with E-state index in [1.54, 1.807) is 20.8 Å². The van der Waals surface area contributed by atoms with Crippen molar-refractivity contribution in [1.82, 2.24) is 19.6 Å². The van der Waals surface area contributed by atoms with Gasteiger partial charge in [-0.1, -0.05) is 11.8 Å². The molecule has 0 radical (unpaired) electrons. The van der Waals surface area contributed by atoms with Gasteiger partial charge < -0.3 is 34.7 Å². The van der Waals surface area contributed by atoms with Crippen LogP contribution in [0.25, 0.3) is 5.52 Å². The molecule has 1 fully saturated rings. The number of benzene rings is 1. The fraction of sp³-hybridized carbons (Fsp3) is 0.433. The molecule has 3 N–H and O–H groups in total. The van der Waals surface area contributed by atoms with Gasteiger partial charge in [-0.3, -0.25) is 4.79 Å². The lowest BCUT2D eigenvalue weighted by Crippen LogP contribution is -2.51. The number of halogens is 4. The first-order valence-electron chi connectivity index (χ1n) is 15.3. The highest BCUT2D eigenvalue weighted by Crippen LogP contribution is 2.40. The van der Waals surface area contributed by atoms with Crippen LogP contribution in [0.1, 0.15) is 47.2 Å². The Morgan fingerprint density at radius 3 is 2.69 bits per heavy atom. The normalized spacial score (nSPS) is 18.1. The van der Waals surface area contributed by atoms with Gasteiger partial charge in [0.25, 0.3) is 5.91 Å². The van der Waals surface area contributed by atoms with Crippen LogP contribution in [0.5, 0.6) is 5.75 Å². The number of alkyl halides is 4. The van der Waals surface area contributed by atoms with Crippen molar-refractivity contribution in [2.24, 2.45) is 0 Å². The van der Waals surface area contributed by atoms with E-state index in [2.05, 4.69) is 32.8 Å². The molecule has 15 heteroatoms. The summed E-state index contributed by atoms with van der Waals surface area (Å²) in [6.45, 7) is 4.91. The Hall–Kier alpha value is -4.32. The summed E-state index contributed by atoms with van der Waals surface area (Å²) < 4.78 is 90.0. The fourth-order valence-electron chi connectivity index (χ4n) is 4.55. The molecule has 0 aliphatic carbocycles. The van der Waals surface area contributed by atoms with Gasteiger partial charge in [0.15, 0.2) is 5.82 Å². The number of hydrogen-bond acceptors (Lipinski definition) is 8. The number of amides is 2. The molecule has 1 aromatic carbocycles. The van der Waals surface area contributed by atoms with E-state index < -0.39 is 42.4 Å². The smallest absolute Gasteiger partial charge is 0.447 e. The number of anilines is 2. The van der Waals surface area contributed by atoms with Gasteiger partial charge in [-0.05, 0) is 51.5 Å². The van der Waals surface area contributed by atoms with Gasteiger partial charge in [0, 0.05) is 43.3 Å². The number of likely N-dealkylation sites (tertiary alicyclic amines) is 1. The van der Waals surface area contributed by atoms with Crippen molar-refractivity contribution >= 4 is 40.8 Å². The van der Waals surface area contributed by atoms with Gasteiger partial charge in [-0.2, -0.15) is 13.2 Å². The molecule has 45 heavy (non-hydrogen) atoms. The molecule has 0 unspecified atom stereocenters. The molecule has 4 rings (SSSR count). The Morgan fingerprint density at radius 1 is 1.24 bits per heavy atom. The van der Waals surface area contributed by atoms with Crippen molar-refractivity contribution in [3.63, 3.8) is 0 Å². The highest BCUT2D eigenvalue weighted by Gasteiger charge is 2.35. The molecule has 10 nitrogen and oxygen atoms in total. The van der Waals surface area contributed by atoms with E-state index in [0.29, 0.717) is 0 Å². The standard InChI is InChI=1S/C30H34F4N6O4S/c1-29(2,3)44-28(42)39-13-10-21(20(31)17-39)38-25-23-16-19(27(45-30(32,33)34)40(23)14-12-37-25)7-6-11-36-22-15-18(26(41)35-4)8-9-24(22)43-5/h8-9,12,14-16,20-21,36H,10-11,13,17H2,1-5H3,(H,35,41)(H,37,38)/t20-,21+/m0/s1/i5D3. The number of fused-ring (bicyclic) bond motifs is 1. The molecule has 1 saturated heterocycles. The largest absolute Gasteiger partial charge is 0.495 e. The van der Waals surface area contributed by atoms with Crippen LogP contribution in [0.3, 0.4) is 0 Å². The van der Waals surface area contributed by atoms with Crippen LogP contribution in [0, 0.1) is 11.8 Å². The van der Waals surface area contributed by atoms with Crippen molar-refractivity contribution in [3.05, 3.63) is 47.8 Å². The first kappa shape index (κ1) is 29.4. The maximum Gasteiger partial charge on any atom is 0.447 e. The molecular formula is C30H34F4N6O4S. The summed E-state index contributed by atoms with van der Waals surface area (Å²) in [5.74, 6) is 5.04. The number of aromatic nitrogens is 2. The van der Waals surface area contributed by atoms with Crippen molar-refractivity contribution < 1.29 is 40.7 Å². The summed E-state index contributed by atoms with van der Waals surface area (Å²) in [6.07, 6.45) is 0.657. The predicted octanol–water partition coefficient (Wildman–Crippen LogP) is 5.54. The zero-order chi connectivity index (χ0) is 35.4. The van der Waals surface area contributed by atoms with Crippen LogP contribution in [0.15, 0.2) is 41.7 Å². The van der Waals surface area contributed by atoms with Crippen LogP contribution in [0.2, 0.25) is 0 Å². The van der Waals surface area contributed by atoms with E-state index in [0.717, 1.165) is 0 Å². The number of hydrogen-bond donors (Lipinski definition) is 3. The lowest BCUT2D eigenvalue weighted by molar-refractivity contribution is -0.0330. The summed E-state index contributed by atoms with van der Waals surface area (Å²) in [5.41, 5.74) is -4.86. The third-order valence-electron chi connectivity index (χ3n) is 6.55. The monoisotopic (exact) mass is 653 g/mol. The minimum Gasteiger partial charge on any atom is -0.495 e. The molecule has 2 atom stereocenters. The van der Waals surface area contributed by atoms with Gasteiger partial charge in [0.05, 0.1) is 47.0 Å². The maximum atomic E-state index is 15.2. The van der Waals surface area contributed by atoms with E-state index >= 15 is 4.39 Å². The summed E-state index contributed by atoms with van der Waals surface area (Å²) in [5, 5.41) is 8.05. The third kappa shape index (κ3) is 8.65. The number of nitrogens with zero attached hydrogens (tertiary/aromatic N) is 3. The highest BCUT2D eigenvalue weighted by atomic mass is 32.2. The van der Waals surface area contributed by atoms with Gasteiger partial charge >= 0.3 is 11.6 Å². The average molecular weight is 654 g/mol. The molecule has 0 spiro atoms. The topological polar surface area (TPSA) is 109 Å². The maximum absolute atomic E-state index is 15.2. The zero-order valence-electron chi connectivity index (χ0n) is 27.8. The highest BCUT2D eigenvalue weighted by molar-refractivity contribution is 8.00. The van der Waals surface area contributed by atoms with E-state index in [1.807, 2.05) is 0 Å². The summed E-state index contributed by atoms with van der Waals surface area (Å²) in [6, 6.07) is 4.65. The van der Waals surface area contributed by atoms with Gasteiger partial charge in [-0.25, -0.2) is 14.2 Å². The van der Waals surface area contributed by atoms with Gasteiger partial charge in [0.2, 0.25) is 0 Å². The Labute approximate surface area is 266 Å². The van der Waals surface area contributed by atoms with Crippen LogP contribution in [-0.4, -0.2) is 83.3 Å². The van der Waals surface area contributed by atoms with E-state index in [-0.39, 0.29) is 76.7 Å². The number of nitrogens with one attached hydrogen (secondary N) is 3. The molecule has 3 heterocycles. The SMILES string of the molecule is [2H]C([2H])([2H])Oc1ccc(C(=O)NC)cc1NCC#Cc1cc2c(N[C@@H]3CCN(C(=O)OC(C)(C)C)C[C@@H]3F)nccn2c1SC(F)(F)F. The molecule has 0 saturated carbocycles. The quantitative estimate of drug-likeness (QED) is 0.173. The second-order valence-corrected chi connectivity index (χ2v) is 12.0. The van der Waals surface area contributed by atoms with Crippen molar-refractivity contribution in [2.45, 2.75) is 55.5 Å². The van der Waals surface area contributed by atoms with Crippen molar-refractivity contribution in [2.75, 3.05) is 44.4 Å². The molecule has 242 valence electrons. The Kier molecular flexibility index (Phi) is 8.99. The average Bonchev–Trinajstić information content (AvgIpc) is 3.31. The zero-order valence-corrected chi connectivity index (χ0v) is 25.7. The van der Waals surface area contributed by atoms with Gasteiger partial charge in [0.1, 0.15) is 22.5 Å². The summed E-state index contributed by atoms with van der Waals surface area (Å²) in [4.78, 5) is 30.0. The lowest BCUT2D eigenvalue weighted by atomic mass is 10.0. The van der Waals surface area contributed by atoms with Crippen molar-refractivity contribution in [3.8, 4) is 17.6 Å². The molecule has 3 aromatic rings. The first-order valence-corrected chi connectivity index (χ1v) is 14.6. The Morgan fingerprint density at radius 2 is 2.02 bits per heavy atom. The minimum absolute atomic E-state index is 0.00444. The third-order valence-corrected chi connectivity index (χ3v) is 7.39. The fourth-order valence-corrected chi connectivity index (χ4v) is 5.25. The number of carbonyl (C=O) groups excluding carboxylic acids is 2. The number of rotatable bonds is 7. The molecule has 1 aliphatic heterocycles. The minimum atomic E-state index is -4.67. The lowest BCUT2D eigenvalue weighted by Gasteiger charge is -2.36. The number of carbonyl (C=O) groups is 2. The van der Waals surface area contributed by atoms with Gasteiger partial charge in [-0.15, -0.1) is 0 Å². The van der Waals surface area contributed by atoms with Crippen LogP contribution in [-0.2, 0) is 4.74 Å². The number of piperidine rings is 1. The van der Waals surface area contributed by atoms with E-state index in [1.165, 1.54) is 53.0 Å². The van der Waals surface area contributed by atoms with E-state index in [4.69, 9.17) is 13.6 Å². The number of methoxy groups -OCH3 is 1. The second kappa shape index (κ2) is 13.8.